The molecular formula is C45H85NO6S. The SMILES string of the molecule is CCCCCCCCCCCC/C=C/CC/C=C/CC/C=C/C(O)C(CS(=O)(=O)O)NC(=O)C(O)CCCCCCCCCCCCCCCCCC. The summed E-state index contributed by atoms with van der Waals surface area (Å²) in [5.74, 6) is -1.56. The molecule has 4 N–H and O–H groups in total. The molecule has 0 aliphatic carbocycles. The van der Waals surface area contributed by atoms with Crippen molar-refractivity contribution in [2.24, 2.45) is 0 Å². The van der Waals surface area contributed by atoms with Crippen LogP contribution in [-0.4, -0.2) is 53.1 Å². The van der Waals surface area contributed by atoms with Crippen LogP contribution in [0.3, 0.4) is 0 Å². The van der Waals surface area contributed by atoms with Crippen molar-refractivity contribution >= 4 is 16.0 Å². The van der Waals surface area contributed by atoms with Crippen LogP contribution >= 0.6 is 0 Å². The van der Waals surface area contributed by atoms with Gasteiger partial charge in [0.2, 0.25) is 5.91 Å². The Kier molecular flexibility index (Phi) is 37.7. The summed E-state index contributed by atoms with van der Waals surface area (Å²) in [6.07, 6.45) is 47.7. The zero-order chi connectivity index (χ0) is 39.1. The second-order valence-corrected chi connectivity index (χ2v) is 17.0. The van der Waals surface area contributed by atoms with Crippen molar-refractivity contribution in [1.29, 1.82) is 0 Å². The number of carbonyl (C=O) groups is 1. The maximum Gasteiger partial charge on any atom is 0.267 e. The van der Waals surface area contributed by atoms with E-state index in [0.29, 0.717) is 12.8 Å². The third-order valence-corrected chi connectivity index (χ3v) is 10.9. The monoisotopic (exact) mass is 768 g/mol. The Bertz CT molecular complexity index is 995. The molecule has 0 aliphatic heterocycles. The van der Waals surface area contributed by atoms with Gasteiger partial charge in [0, 0.05) is 0 Å². The van der Waals surface area contributed by atoms with Crippen molar-refractivity contribution in [2.75, 3.05) is 5.75 Å². The van der Waals surface area contributed by atoms with Crippen molar-refractivity contribution in [3.05, 3.63) is 36.5 Å². The molecule has 3 unspecified atom stereocenters. The molecule has 0 spiro atoms. The van der Waals surface area contributed by atoms with Crippen LogP contribution in [0.25, 0.3) is 0 Å². The van der Waals surface area contributed by atoms with Gasteiger partial charge in [-0.25, -0.2) is 0 Å². The Hall–Kier alpha value is -1.48. The first-order valence-electron chi connectivity index (χ1n) is 22.3. The summed E-state index contributed by atoms with van der Waals surface area (Å²) in [6, 6.07) is -1.25. The van der Waals surface area contributed by atoms with Crippen molar-refractivity contribution in [2.45, 2.75) is 238 Å². The van der Waals surface area contributed by atoms with Crippen molar-refractivity contribution in [1.82, 2.24) is 5.32 Å². The second kappa shape index (κ2) is 38.8. The molecule has 0 saturated carbocycles. The van der Waals surface area contributed by atoms with E-state index in [0.717, 1.165) is 44.9 Å². The summed E-state index contributed by atoms with van der Waals surface area (Å²) in [6.45, 7) is 4.52. The first-order valence-corrected chi connectivity index (χ1v) is 23.9. The van der Waals surface area contributed by atoms with E-state index in [-0.39, 0.29) is 6.42 Å². The molecule has 53 heavy (non-hydrogen) atoms. The van der Waals surface area contributed by atoms with Crippen LogP contribution < -0.4 is 5.32 Å². The molecule has 0 aromatic heterocycles. The maximum absolute atomic E-state index is 12.6. The van der Waals surface area contributed by atoms with Gasteiger partial charge in [0.05, 0.1) is 17.9 Å². The van der Waals surface area contributed by atoms with E-state index in [1.54, 1.807) is 6.08 Å². The normalized spacial score (nSPS) is 14.1. The van der Waals surface area contributed by atoms with E-state index >= 15 is 0 Å². The third kappa shape index (κ3) is 38.6. The predicted octanol–water partition coefficient (Wildman–Crippen LogP) is 12.3. The standard InChI is InChI=1S/C45H85NO6S/c1-3-5-7-9-11-13-15-17-19-21-22-23-24-26-27-29-31-33-35-37-39-43(47)42(41-53(50,51)52)46-45(49)44(48)40-38-36-34-32-30-28-25-20-18-16-14-12-10-8-6-4-2/h23-24,29,31,37,39,42-44,47-48H,3-22,25-28,30,32-36,38,40-41H2,1-2H3,(H,46,49)(H,50,51,52)/b24-23+,31-29+,39-37+. The molecule has 7 nitrogen and oxygen atoms in total. The lowest BCUT2D eigenvalue weighted by Crippen LogP contribution is -2.50. The summed E-state index contributed by atoms with van der Waals surface area (Å²) < 4.78 is 32.6. The molecule has 1 amide bonds. The minimum Gasteiger partial charge on any atom is -0.387 e. The number of hydrogen-bond donors (Lipinski definition) is 4. The van der Waals surface area contributed by atoms with Crippen LogP contribution in [0.15, 0.2) is 36.5 Å². The van der Waals surface area contributed by atoms with E-state index in [4.69, 9.17) is 0 Å². The van der Waals surface area contributed by atoms with Crippen molar-refractivity contribution < 1.29 is 28.0 Å². The third-order valence-electron chi connectivity index (χ3n) is 10.2. The molecule has 0 rings (SSSR count). The first-order chi connectivity index (χ1) is 25.7. The number of rotatable bonds is 40. The largest absolute Gasteiger partial charge is 0.387 e. The fraction of sp³-hybridized carbons (Fsp3) is 0.844. The molecule has 312 valence electrons. The quantitative estimate of drug-likeness (QED) is 0.0280. The Morgan fingerprint density at radius 1 is 0.509 bits per heavy atom. The number of nitrogens with one attached hydrogen (secondary N) is 1. The van der Waals surface area contributed by atoms with Crippen LogP contribution in [0, 0.1) is 0 Å². The lowest BCUT2D eigenvalue weighted by molar-refractivity contribution is -0.130. The predicted molar refractivity (Wildman–Crippen MR) is 227 cm³/mol. The summed E-state index contributed by atoms with van der Waals surface area (Å²) in [5.41, 5.74) is 0. The van der Waals surface area contributed by atoms with Gasteiger partial charge in [0.1, 0.15) is 6.10 Å². The van der Waals surface area contributed by atoms with Crippen LogP contribution in [0.2, 0.25) is 0 Å². The number of carbonyl (C=O) groups excluding carboxylic acids is 1. The van der Waals surface area contributed by atoms with E-state index in [9.17, 15) is 28.0 Å². The lowest BCUT2D eigenvalue weighted by Gasteiger charge is -2.22. The van der Waals surface area contributed by atoms with Gasteiger partial charge in [-0.2, -0.15) is 8.42 Å². The lowest BCUT2D eigenvalue weighted by atomic mass is 10.0. The molecular weight excluding hydrogens is 683 g/mol. The number of amides is 1. The minimum atomic E-state index is -4.46. The van der Waals surface area contributed by atoms with Crippen LogP contribution in [-0.2, 0) is 14.9 Å². The zero-order valence-corrected chi connectivity index (χ0v) is 35.3. The minimum absolute atomic E-state index is 0.274. The Balaban J connectivity index is 4.06. The van der Waals surface area contributed by atoms with E-state index in [2.05, 4.69) is 43.5 Å². The number of aliphatic hydroxyl groups excluding tert-OH is 2. The van der Waals surface area contributed by atoms with Crippen LogP contribution in [0.1, 0.15) is 219 Å². The van der Waals surface area contributed by atoms with Crippen molar-refractivity contribution in [3.63, 3.8) is 0 Å². The van der Waals surface area contributed by atoms with Gasteiger partial charge < -0.3 is 15.5 Å². The molecule has 0 saturated heterocycles. The summed E-state index contributed by atoms with van der Waals surface area (Å²) >= 11 is 0. The molecule has 8 heteroatoms. The Labute approximate surface area is 328 Å². The average Bonchev–Trinajstić information content (AvgIpc) is 3.12. The highest BCUT2D eigenvalue weighted by molar-refractivity contribution is 7.85. The smallest absolute Gasteiger partial charge is 0.267 e. The zero-order valence-electron chi connectivity index (χ0n) is 34.5. The molecule has 0 fully saturated rings. The Morgan fingerprint density at radius 3 is 1.25 bits per heavy atom. The van der Waals surface area contributed by atoms with Gasteiger partial charge in [-0.1, -0.05) is 211 Å². The van der Waals surface area contributed by atoms with Crippen LogP contribution in [0.5, 0.6) is 0 Å². The fourth-order valence-corrected chi connectivity index (χ4v) is 7.46. The average molecular weight is 768 g/mol. The Morgan fingerprint density at radius 2 is 0.849 bits per heavy atom. The highest BCUT2D eigenvalue weighted by Crippen LogP contribution is 2.15. The second-order valence-electron chi connectivity index (χ2n) is 15.5. The number of aliphatic hydroxyl groups is 2. The highest BCUT2D eigenvalue weighted by Gasteiger charge is 2.27. The fourth-order valence-electron chi connectivity index (χ4n) is 6.72. The number of unbranched alkanes of at least 4 members (excludes halogenated alkanes) is 27. The summed E-state index contributed by atoms with van der Waals surface area (Å²) in [7, 11) is -4.46. The number of allylic oxidation sites excluding steroid dienone is 5. The molecule has 3 atom stereocenters. The van der Waals surface area contributed by atoms with Gasteiger partial charge in [-0.3, -0.25) is 9.35 Å². The molecule has 0 heterocycles. The van der Waals surface area contributed by atoms with Gasteiger partial charge >= 0.3 is 0 Å². The highest BCUT2D eigenvalue weighted by atomic mass is 32.2. The molecule has 0 radical (unpaired) electrons. The van der Waals surface area contributed by atoms with Gasteiger partial charge in [0.25, 0.3) is 10.1 Å². The number of hydrogen-bond acceptors (Lipinski definition) is 5. The van der Waals surface area contributed by atoms with Crippen LogP contribution in [0.4, 0.5) is 0 Å². The van der Waals surface area contributed by atoms with E-state index in [1.807, 2.05) is 0 Å². The molecule has 0 bridgehead atoms. The molecule has 0 aliphatic rings. The van der Waals surface area contributed by atoms with E-state index in [1.165, 1.54) is 147 Å². The van der Waals surface area contributed by atoms with Gasteiger partial charge in [0.15, 0.2) is 0 Å². The first kappa shape index (κ1) is 51.5. The van der Waals surface area contributed by atoms with Crippen molar-refractivity contribution in [3.8, 4) is 0 Å². The molecule has 0 aromatic rings. The maximum atomic E-state index is 12.6. The summed E-state index contributed by atoms with van der Waals surface area (Å²) in [4.78, 5) is 12.6. The summed E-state index contributed by atoms with van der Waals surface area (Å²) in [5, 5.41) is 23.4. The topological polar surface area (TPSA) is 124 Å². The van der Waals surface area contributed by atoms with Gasteiger partial charge in [-0.15, -0.1) is 0 Å². The van der Waals surface area contributed by atoms with E-state index < -0.39 is 40.0 Å². The van der Waals surface area contributed by atoms with Gasteiger partial charge in [-0.05, 0) is 44.9 Å². The molecule has 0 aromatic carbocycles.